The Hall–Kier alpha value is -0.0131. The van der Waals surface area contributed by atoms with Crippen LogP contribution in [0.4, 0.5) is 13.2 Å². The van der Waals surface area contributed by atoms with Gasteiger partial charge in [-0.2, -0.15) is 13.2 Å². The van der Waals surface area contributed by atoms with Crippen LogP contribution in [0.25, 0.3) is 0 Å². The topological polar surface area (TPSA) is 26.3 Å². The van der Waals surface area contributed by atoms with Crippen LogP contribution in [0, 0.1) is 5.92 Å². The molecule has 17 heavy (non-hydrogen) atoms. The van der Waals surface area contributed by atoms with Gasteiger partial charge in [0, 0.05) is 0 Å². The van der Waals surface area contributed by atoms with E-state index in [2.05, 4.69) is 0 Å². The average Bonchev–Trinajstić information content (AvgIpc) is 2.10. The van der Waals surface area contributed by atoms with Crippen LogP contribution in [-0.4, -0.2) is 31.5 Å². The van der Waals surface area contributed by atoms with Crippen molar-refractivity contribution in [2.75, 3.05) is 5.75 Å². The summed E-state index contributed by atoms with van der Waals surface area (Å²) in [4.78, 5) is 11.5. The fourth-order valence-electron chi connectivity index (χ4n) is 1.23. The van der Waals surface area contributed by atoms with E-state index in [0.29, 0.717) is 5.75 Å². The van der Waals surface area contributed by atoms with Crippen LogP contribution in [0.1, 0.15) is 13.8 Å². The number of alkyl halides is 3. The molecule has 0 rings (SSSR count). The lowest BCUT2D eigenvalue weighted by Crippen LogP contribution is -2.46. The zero-order valence-electron chi connectivity index (χ0n) is 10.7. The van der Waals surface area contributed by atoms with Gasteiger partial charge in [0.1, 0.15) is 0 Å². The fraction of sp³-hybridized carbons (Fsp3) is 0.900. The minimum atomic E-state index is -4.50. The summed E-state index contributed by atoms with van der Waals surface area (Å²) in [6.45, 7) is 8.04. The lowest BCUT2D eigenvalue weighted by molar-refractivity contribution is -0.209. The molecule has 0 aliphatic carbocycles. The van der Waals surface area contributed by atoms with Gasteiger partial charge in [-0.1, -0.05) is 25.6 Å². The fourth-order valence-corrected chi connectivity index (χ4v) is 3.00. The monoisotopic (exact) mass is 288 g/mol. The molecular formula is C10H19F3O2SSi. The molecule has 0 aromatic heterocycles. The molecule has 0 N–H and O–H groups in total. The van der Waals surface area contributed by atoms with Crippen LogP contribution < -0.4 is 0 Å². The minimum absolute atomic E-state index is 0.465. The second-order valence-corrected chi connectivity index (χ2v) is 10.5. The summed E-state index contributed by atoms with van der Waals surface area (Å²) >= 11 is 0.906. The second-order valence-electron chi connectivity index (χ2n) is 4.73. The first-order valence-corrected chi connectivity index (χ1v) is 9.79. The summed E-state index contributed by atoms with van der Waals surface area (Å²) in [5.41, 5.74) is 0. The molecule has 0 bridgehead atoms. The van der Waals surface area contributed by atoms with Gasteiger partial charge >= 0.3 is 6.18 Å². The lowest BCUT2D eigenvalue weighted by atomic mass is 10.1. The Balaban J connectivity index is 4.88. The molecule has 0 aliphatic rings. The van der Waals surface area contributed by atoms with E-state index in [1.54, 1.807) is 26.6 Å². The van der Waals surface area contributed by atoms with Crippen LogP contribution >= 0.6 is 11.8 Å². The molecule has 0 radical (unpaired) electrons. The largest absolute Gasteiger partial charge is 0.414 e. The van der Waals surface area contributed by atoms with E-state index in [9.17, 15) is 18.0 Å². The smallest absolute Gasteiger partial charge is 0.405 e. The molecule has 2 atom stereocenters. The molecule has 0 fully saturated rings. The first-order chi connectivity index (χ1) is 7.49. The van der Waals surface area contributed by atoms with E-state index in [1.165, 1.54) is 6.92 Å². The number of rotatable bonds is 5. The average molecular weight is 288 g/mol. The van der Waals surface area contributed by atoms with Crippen molar-refractivity contribution in [3.8, 4) is 0 Å². The Labute approximate surface area is 105 Å². The zero-order chi connectivity index (χ0) is 13.9. The highest BCUT2D eigenvalue weighted by molar-refractivity contribution is 8.13. The van der Waals surface area contributed by atoms with Gasteiger partial charge in [0.15, 0.2) is 19.5 Å². The second kappa shape index (κ2) is 6.24. The van der Waals surface area contributed by atoms with Gasteiger partial charge in [0.05, 0.1) is 5.92 Å². The Bertz CT molecular complexity index is 263. The highest BCUT2D eigenvalue weighted by atomic mass is 32.2. The number of halogens is 3. The number of thioether (sulfide) groups is 1. The van der Waals surface area contributed by atoms with Crippen molar-refractivity contribution >= 4 is 25.2 Å². The van der Waals surface area contributed by atoms with Crippen LogP contribution in [0.2, 0.25) is 19.6 Å². The zero-order valence-corrected chi connectivity index (χ0v) is 12.5. The van der Waals surface area contributed by atoms with Crippen molar-refractivity contribution in [2.24, 2.45) is 5.92 Å². The van der Waals surface area contributed by atoms with E-state index in [1.807, 2.05) is 0 Å². The molecule has 7 heteroatoms. The van der Waals surface area contributed by atoms with E-state index in [0.717, 1.165) is 11.8 Å². The lowest BCUT2D eigenvalue weighted by Gasteiger charge is -2.31. The van der Waals surface area contributed by atoms with Crippen LogP contribution in [0.3, 0.4) is 0 Å². The molecule has 0 spiro atoms. The first kappa shape index (κ1) is 17.0. The van der Waals surface area contributed by atoms with Crippen LogP contribution in [0.15, 0.2) is 0 Å². The van der Waals surface area contributed by atoms with Crippen LogP contribution in [0.5, 0.6) is 0 Å². The molecule has 0 saturated carbocycles. The van der Waals surface area contributed by atoms with Crippen molar-refractivity contribution in [1.82, 2.24) is 0 Å². The first-order valence-electron chi connectivity index (χ1n) is 5.40. The summed E-state index contributed by atoms with van der Waals surface area (Å²) in [6, 6.07) is 0. The summed E-state index contributed by atoms with van der Waals surface area (Å²) in [7, 11) is -2.34. The van der Waals surface area contributed by atoms with Gasteiger partial charge < -0.3 is 4.43 Å². The van der Waals surface area contributed by atoms with Gasteiger partial charge in [0.2, 0.25) is 0 Å². The van der Waals surface area contributed by atoms with Crippen molar-refractivity contribution in [2.45, 2.75) is 45.8 Å². The minimum Gasteiger partial charge on any atom is -0.405 e. The van der Waals surface area contributed by atoms with Gasteiger partial charge in [-0.15, -0.1) is 0 Å². The molecule has 102 valence electrons. The summed E-state index contributed by atoms with van der Waals surface area (Å²) in [5.74, 6) is -0.688. The molecule has 0 saturated heterocycles. The number of hydrogen-bond donors (Lipinski definition) is 0. The van der Waals surface area contributed by atoms with Crippen LogP contribution in [-0.2, 0) is 9.22 Å². The quantitative estimate of drug-likeness (QED) is 0.722. The third kappa shape index (κ3) is 6.47. The molecule has 0 aromatic rings. The molecule has 0 amide bonds. The number of carbonyl (C=O) groups excluding carboxylic acids is 1. The molecular weight excluding hydrogens is 269 g/mol. The van der Waals surface area contributed by atoms with Crippen molar-refractivity contribution in [1.29, 1.82) is 0 Å². The SMILES string of the molecule is CCSC(=O)[C@@H](C)[C@@H](O[Si](C)(C)C)C(F)(F)F. The van der Waals surface area contributed by atoms with Gasteiger partial charge in [-0.3, -0.25) is 4.79 Å². The normalized spacial score (nSPS) is 16.7. The number of carbonyl (C=O) groups is 1. The molecule has 0 unspecified atom stereocenters. The molecule has 0 heterocycles. The van der Waals surface area contributed by atoms with E-state index < -0.39 is 31.6 Å². The van der Waals surface area contributed by atoms with Crippen molar-refractivity contribution in [3.63, 3.8) is 0 Å². The predicted molar refractivity (Wildman–Crippen MR) is 66.6 cm³/mol. The van der Waals surface area contributed by atoms with Gasteiger partial charge in [-0.25, -0.2) is 0 Å². The maximum Gasteiger partial charge on any atom is 0.414 e. The van der Waals surface area contributed by atoms with Gasteiger partial charge in [-0.05, 0) is 25.4 Å². The summed E-state index contributed by atoms with van der Waals surface area (Å²) < 4.78 is 43.6. The molecule has 0 aromatic carbocycles. The highest BCUT2D eigenvalue weighted by Crippen LogP contribution is 2.33. The maximum absolute atomic E-state index is 12.8. The Morgan fingerprint density at radius 3 is 2.12 bits per heavy atom. The van der Waals surface area contributed by atoms with E-state index >= 15 is 0 Å². The third-order valence-corrected chi connectivity index (χ3v) is 3.82. The maximum atomic E-state index is 12.8. The Kier molecular flexibility index (Phi) is 6.24. The number of hydrogen-bond acceptors (Lipinski definition) is 3. The third-order valence-electron chi connectivity index (χ3n) is 1.92. The molecule has 0 aliphatic heterocycles. The highest BCUT2D eigenvalue weighted by Gasteiger charge is 2.48. The predicted octanol–water partition coefficient (Wildman–Crippen LogP) is 3.68. The van der Waals surface area contributed by atoms with E-state index in [4.69, 9.17) is 4.43 Å². The standard InChI is InChI=1S/C10H19F3O2SSi/c1-6-16-9(14)7(2)8(10(11,12)13)15-17(3,4)5/h7-8H,6H2,1-5H3/t7-,8+/m0/s1. The summed E-state index contributed by atoms with van der Waals surface area (Å²) in [5, 5.41) is -0.465. The van der Waals surface area contributed by atoms with Gasteiger partial charge in [0.25, 0.3) is 0 Å². The van der Waals surface area contributed by atoms with E-state index in [-0.39, 0.29) is 0 Å². The Morgan fingerprint density at radius 1 is 1.35 bits per heavy atom. The summed E-state index contributed by atoms with van der Waals surface area (Å²) in [6.07, 6.45) is -6.48. The molecule has 2 nitrogen and oxygen atoms in total. The van der Waals surface area contributed by atoms with Crippen molar-refractivity contribution in [3.05, 3.63) is 0 Å². The Morgan fingerprint density at radius 2 is 1.82 bits per heavy atom. The van der Waals surface area contributed by atoms with Crippen molar-refractivity contribution < 1.29 is 22.4 Å².